The van der Waals surface area contributed by atoms with Gasteiger partial charge in [-0.25, -0.2) is 12.4 Å². The number of ether oxygens (including phenoxy) is 1. The van der Waals surface area contributed by atoms with Crippen LogP contribution in [0.5, 0.6) is 0 Å². The van der Waals surface area contributed by atoms with E-state index in [2.05, 4.69) is 21.3 Å². The van der Waals surface area contributed by atoms with Gasteiger partial charge in [-0.2, -0.15) is 0 Å². The van der Waals surface area contributed by atoms with Gasteiger partial charge in [0.25, 0.3) is 15.9 Å². The van der Waals surface area contributed by atoms with E-state index in [9.17, 15) is 13.2 Å². The molecule has 2 aromatic heterocycles. The molecule has 1 aromatic carbocycles. The first-order valence-corrected chi connectivity index (χ1v) is 14.0. The summed E-state index contributed by atoms with van der Waals surface area (Å²) in [6, 6.07) is 10.6. The fourth-order valence-corrected chi connectivity index (χ4v) is 6.18. The van der Waals surface area contributed by atoms with Gasteiger partial charge in [-0.15, -0.1) is 0 Å². The molecule has 1 aliphatic heterocycles. The Balaban J connectivity index is 1.25. The van der Waals surface area contributed by atoms with Crippen molar-refractivity contribution < 1.29 is 17.9 Å². The van der Waals surface area contributed by atoms with Crippen LogP contribution in [-0.2, 0) is 14.8 Å². The lowest BCUT2D eigenvalue weighted by molar-refractivity contribution is 0.0150. The highest BCUT2D eigenvalue weighted by Gasteiger charge is 2.24. The maximum absolute atomic E-state index is 12.9. The van der Waals surface area contributed by atoms with Crippen molar-refractivity contribution in [2.24, 2.45) is 0 Å². The van der Waals surface area contributed by atoms with Gasteiger partial charge >= 0.3 is 0 Å². The van der Waals surface area contributed by atoms with Gasteiger partial charge in [0.2, 0.25) is 0 Å². The van der Waals surface area contributed by atoms with E-state index in [-0.39, 0.29) is 10.5 Å². The average Bonchev–Trinajstić information content (AvgIpc) is 3.42. The van der Waals surface area contributed by atoms with Crippen LogP contribution in [0.3, 0.4) is 0 Å². The first-order chi connectivity index (χ1) is 17.8. The third kappa shape index (κ3) is 5.53. The molecule has 5 rings (SSSR count). The van der Waals surface area contributed by atoms with Gasteiger partial charge in [0.05, 0.1) is 41.3 Å². The van der Waals surface area contributed by atoms with Gasteiger partial charge in [0, 0.05) is 31.5 Å². The van der Waals surface area contributed by atoms with Crippen LogP contribution in [0.1, 0.15) is 46.4 Å². The topological polar surface area (TPSA) is 93.5 Å². The monoisotopic (exact) mass is 520 g/mol. The third-order valence-electron chi connectivity index (χ3n) is 7.11. The summed E-state index contributed by atoms with van der Waals surface area (Å²) in [4.78, 5) is 20.2. The first-order valence-electron chi connectivity index (χ1n) is 12.6. The van der Waals surface area contributed by atoms with Crippen molar-refractivity contribution in [3.05, 3.63) is 83.4 Å². The predicted octanol–water partition coefficient (Wildman–Crippen LogP) is 4.26. The van der Waals surface area contributed by atoms with Crippen LogP contribution in [0, 0.1) is 13.8 Å². The lowest BCUT2D eigenvalue weighted by Crippen LogP contribution is -2.43. The van der Waals surface area contributed by atoms with E-state index in [4.69, 9.17) is 4.74 Å². The summed E-state index contributed by atoms with van der Waals surface area (Å²) in [5, 5.41) is 2.84. The Labute approximate surface area is 218 Å². The summed E-state index contributed by atoms with van der Waals surface area (Å²) in [5.74, 6) is -0.392. The van der Waals surface area contributed by atoms with Gasteiger partial charge in [-0.05, 0) is 68.5 Å². The van der Waals surface area contributed by atoms with Gasteiger partial charge in [-0.3, -0.25) is 14.7 Å². The SMILES string of the molecule is Cc1ccc(S(=O)(=O)n2ccc(C(=O)Nc3cnc(C4=CCC(N5CCOCC5)CC4)c(C)c3)c2)cc1. The van der Waals surface area contributed by atoms with Gasteiger partial charge in [0.1, 0.15) is 0 Å². The molecule has 1 amide bonds. The average molecular weight is 521 g/mol. The molecule has 1 fully saturated rings. The van der Waals surface area contributed by atoms with Crippen LogP contribution in [0.2, 0.25) is 0 Å². The Hall–Kier alpha value is -3.27. The molecule has 0 radical (unpaired) electrons. The van der Waals surface area contributed by atoms with E-state index >= 15 is 0 Å². The molecular formula is C28H32N4O4S. The number of allylic oxidation sites excluding steroid dienone is 1. The van der Waals surface area contributed by atoms with Gasteiger partial charge in [-0.1, -0.05) is 23.8 Å². The number of benzene rings is 1. The van der Waals surface area contributed by atoms with Gasteiger partial charge < -0.3 is 10.1 Å². The fourth-order valence-electron chi connectivity index (χ4n) is 4.98. The standard InChI is InChI=1S/C28H32N4O4S/c1-20-3-9-26(10-4-20)37(34,35)32-12-11-23(19-32)28(33)30-24-17-21(2)27(29-18-24)22-5-7-25(8-6-22)31-13-15-36-16-14-31/h3-5,9-12,17-19,25H,6-8,13-16H2,1-2H3,(H,30,33). The summed E-state index contributed by atoms with van der Waals surface area (Å²) >= 11 is 0. The van der Waals surface area contributed by atoms with Crippen LogP contribution in [0.15, 0.2) is 66.0 Å². The Bertz CT molecular complexity index is 1420. The molecule has 1 N–H and O–H groups in total. The lowest BCUT2D eigenvalue weighted by Gasteiger charge is -2.36. The van der Waals surface area contributed by atoms with Crippen LogP contribution in [0.25, 0.3) is 5.57 Å². The molecule has 1 unspecified atom stereocenters. The van der Waals surface area contributed by atoms with Crippen LogP contribution < -0.4 is 5.32 Å². The number of amides is 1. The number of anilines is 1. The number of hydrogen-bond donors (Lipinski definition) is 1. The second kappa shape index (κ2) is 10.6. The number of rotatable bonds is 6. The van der Waals surface area contributed by atoms with Crippen molar-refractivity contribution in [2.45, 2.75) is 44.0 Å². The number of nitrogens with zero attached hydrogens (tertiary/aromatic N) is 3. The van der Waals surface area contributed by atoms with E-state index in [0.29, 0.717) is 11.7 Å². The zero-order chi connectivity index (χ0) is 26.0. The number of carbonyl (C=O) groups is 1. The largest absolute Gasteiger partial charge is 0.379 e. The smallest absolute Gasteiger partial charge is 0.267 e. The van der Waals surface area contributed by atoms with Crippen LogP contribution in [0.4, 0.5) is 5.69 Å². The van der Waals surface area contributed by atoms with Crippen LogP contribution in [-0.4, -0.2) is 60.5 Å². The van der Waals surface area contributed by atoms with Crippen molar-refractivity contribution in [3.63, 3.8) is 0 Å². The minimum Gasteiger partial charge on any atom is -0.379 e. The fraction of sp³-hybridized carbons (Fsp3) is 0.357. The number of aromatic nitrogens is 2. The summed E-state index contributed by atoms with van der Waals surface area (Å²) in [7, 11) is -3.77. The number of carbonyl (C=O) groups excluding carboxylic acids is 1. The molecule has 1 aliphatic carbocycles. The van der Waals surface area contributed by atoms with E-state index in [1.807, 2.05) is 19.9 Å². The highest BCUT2D eigenvalue weighted by Crippen LogP contribution is 2.31. The molecule has 3 aromatic rings. The van der Waals surface area contributed by atoms with E-state index < -0.39 is 15.9 Å². The lowest BCUT2D eigenvalue weighted by atomic mass is 9.90. The highest BCUT2D eigenvalue weighted by atomic mass is 32.2. The molecule has 1 atom stereocenters. The number of pyridine rings is 1. The molecule has 2 aliphatic rings. The molecule has 1 saturated heterocycles. The maximum Gasteiger partial charge on any atom is 0.267 e. The normalized spacial score (nSPS) is 18.9. The third-order valence-corrected chi connectivity index (χ3v) is 8.76. The molecule has 8 nitrogen and oxygen atoms in total. The minimum absolute atomic E-state index is 0.171. The van der Waals surface area contributed by atoms with Crippen molar-refractivity contribution in [3.8, 4) is 0 Å². The maximum atomic E-state index is 12.9. The molecular weight excluding hydrogens is 488 g/mol. The minimum atomic E-state index is -3.77. The predicted molar refractivity (Wildman–Crippen MR) is 143 cm³/mol. The molecule has 37 heavy (non-hydrogen) atoms. The summed E-state index contributed by atoms with van der Waals surface area (Å²) in [5.41, 5.74) is 5.00. The van der Waals surface area contributed by atoms with Crippen LogP contribution >= 0.6 is 0 Å². The Morgan fingerprint density at radius 1 is 1.11 bits per heavy atom. The Morgan fingerprint density at radius 2 is 1.86 bits per heavy atom. The quantitative estimate of drug-likeness (QED) is 0.522. The summed E-state index contributed by atoms with van der Waals surface area (Å²) in [6.07, 6.45) is 9.77. The number of aryl methyl sites for hydroxylation is 2. The number of hydrogen-bond acceptors (Lipinski definition) is 6. The molecule has 0 saturated carbocycles. The van der Waals surface area contributed by atoms with E-state index in [1.54, 1.807) is 30.5 Å². The molecule has 9 heteroatoms. The van der Waals surface area contributed by atoms with E-state index in [0.717, 1.165) is 66.4 Å². The van der Waals surface area contributed by atoms with Crippen molar-refractivity contribution >= 4 is 27.2 Å². The second-order valence-corrected chi connectivity index (χ2v) is 11.5. The van der Waals surface area contributed by atoms with Crippen molar-refractivity contribution in [1.29, 1.82) is 0 Å². The number of morpholine rings is 1. The summed E-state index contributed by atoms with van der Waals surface area (Å²) < 4.78 is 32.3. The summed E-state index contributed by atoms with van der Waals surface area (Å²) in [6.45, 7) is 7.52. The zero-order valence-corrected chi connectivity index (χ0v) is 22.0. The molecule has 3 heterocycles. The number of nitrogens with one attached hydrogen (secondary N) is 1. The second-order valence-electron chi connectivity index (χ2n) is 9.70. The molecule has 0 spiro atoms. The molecule has 194 valence electrons. The first kappa shape index (κ1) is 25.4. The van der Waals surface area contributed by atoms with Crippen molar-refractivity contribution in [1.82, 2.24) is 13.9 Å². The van der Waals surface area contributed by atoms with E-state index in [1.165, 1.54) is 24.0 Å². The highest BCUT2D eigenvalue weighted by molar-refractivity contribution is 7.90. The molecule has 0 bridgehead atoms. The zero-order valence-electron chi connectivity index (χ0n) is 21.2. The van der Waals surface area contributed by atoms with Gasteiger partial charge in [0.15, 0.2) is 0 Å². The Morgan fingerprint density at radius 3 is 2.54 bits per heavy atom. The van der Waals surface area contributed by atoms with Crippen molar-refractivity contribution in [2.75, 3.05) is 31.6 Å². The Kier molecular flexibility index (Phi) is 7.28.